The average Bonchev–Trinajstić information content (AvgIpc) is 2.62. The van der Waals surface area contributed by atoms with Crippen LogP contribution in [0.4, 0.5) is 0 Å². The number of aromatic nitrogens is 3. The molecule has 0 bridgehead atoms. The van der Waals surface area contributed by atoms with E-state index in [4.69, 9.17) is 4.74 Å². The van der Waals surface area contributed by atoms with Gasteiger partial charge in [-0.05, 0) is 33.7 Å². The Kier molecular flexibility index (Phi) is 3.38. The molecular formula is C12H20N4O2. The Hall–Kier alpha value is -1.43. The first-order valence-electron chi connectivity index (χ1n) is 6.30. The number of hydrogen-bond donors (Lipinski definition) is 1. The summed E-state index contributed by atoms with van der Waals surface area (Å²) in [5.74, 6) is -0.408. The van der Waals surface area contributed by atoms with Gasteiger partial charge < -0.3 is 4.74 Å². The van der Waals surface area contributed by atoms with E-state index in [1.807, 2.05) is 20.8 Å². The van der Waals surface area contributed by atoms with Gasteiger partial charge in [-0.2, -0.15) is 10.3 Å². The third-order valence-corrected chi connectivity index (χ3v) is 3.02. The Morgan fingerprint density at radius 1 is 1.50 bits per heavy atom. The van der Waals surface area contributed by atoms with Crippen molar-refractivity contribution in [2.24, 2.45) is 0 Å². The maximum absolute atomic E-state index is 12.0. The minimum atomic E-state index is -0.517. The Morgan fingerprint density at radius 2 is 2.22 bits per heavy atom. The topological polar surface area (TPSA) is 71.1 Å². The first kappa shape index (κ1) is 13.0. The summed E-state index contributed by atoms with van der Waals surface area (Å²) in [6.07, 6.45) is 1.01. The molecule has 1 unspecified atom stereocenters. The summed E-state index contributed by atoms with van der Waals surface area (Å²) in [6, 6.07) is 0.191. The molecule has 1 fully saturated rings. The van der Waals surface area contributed by atoms with Crippen molar-refractivity contribution in [3.8, 4) is 0 Å². The number of nitrogens with zero attached hydrogens (tertiary/aromatic N) is 3. The lowest BCUT2D eigenvalue weighted by atomic mass is 9.98. The lowest BCUT2D eigenvalue weighted by Crippen LogP contribution is -2.41. The summed E-state index contributed by atoms with van der Waals surface area (Å²) in [6.45, 7) is 9.61. The van der Waals surface area contributed by atoms with Crippen LogP contribution >= 0.6 is 0 Å². The van der Waals surface area contributed by atoms with Gasteiger partial charge in [0.15, 0.2) is 5.69 Å². The fourth-order valence-electron chi connectivity index (χ4n) is 2.08. The van der Waals surface area contributed by atoms with Gasteiger partial charge in [0.1, 0.15) is 11.3 Å². The van der Waals surface area contributed by atoms with Crippen LogP contribution in [0.5, 0.6) is 0 Å². The summed E-state index contributed by atoms with van der Waals surface area (Å²) in [5, 5.41) is 10.6. The summed E-state index contributed by atoms with van der Waals surface area (Å²) in [7, 11) is 0. The molecule has 1 saturated heterocycles. The lowest BCUT2D eigenvalue weighted by molar-refractivity contribution is 0.00549. The molecule has 0 spiro atoms. The van der Waals surface area contributed by atoms with Gasteiger partial charge in [-0.3, -0.25) is 4.90 Å². The van der Waals surface area contributed by atoms with Crippen molar-refractivity contribution in [1.29, 1.82) is 0 Å². The van der Waals surface area contributed by atoms with Crippen LogP contribution in [0.3, 0.4) is 0 Å². The fourth-order valence-corrected chi connectivity index (χ4v) is 2.08. The number of carbonyl (C=O) groups excluding carboxylic acids is 1. The number of likely N-dealkylation sites (tertiary alicyclic amines) is 1. The second-order valence-corrected chi connectivity index (χ2v) is 5.49. The minimum Gasteiger partial charge on any atom is -0.455 e. The normalized spacial score (nSPS) is 20.6. The van der Waals surface area contributed by atoms with Crippen LogP contribution in [0.1, 0.15) is 56.3 Å². The molecular weight excluding hydrogens is 232 g/mol. The van der Waals surface area contributed by atoms with Crippen molar-refractivity contribution in [3.05, 3.63) is 11.4 Å². The van der Waals surface area contributed by atoms with E-state index in [9.17, 15) is 4.79 Å². The highest BCUT2D eigenvalue weighted by molar-refractivity contribution is 5.88. The highest BCUT2D eigenvalue weighted by Gasteiger charge is 2.35. The molecule has 1 aliphatic rings. The number of aromatic amines is 1. The quantitative estimate of drug-likeness (QED) is 0.826. The molecule has 1 aliphatic heterocycles. The number of H-pyrrole nitrogens is 1. The van der Waals surface area contributed by atoms with E-state index in [-0.39, 0.29) is 6.04 Å². The Labute approximate surface area is 107 Å². The van der Waals surface area contributed by atoms with Crippen molar-refractivity contribution >= 4 is 5.97 Å². The number of hydrogen-bond acceptors (Lipinski definition) is 5. The smallest absolute Gasteiger partial charge is 0.361 e. The Balaban J connectivity index is 2.15. The monoisotopic (exact) mass is 252 g/mol. The van der Waals surface area contributed by atoms with Gasteiger partial charge in [0.2, 0.25) is 0 Å². The van der Waals surface area contributed by atoms with E-state index in [1.165, 1.54) is 0 Å². The fraction of sp³-hybridized carbons (Fsp3) is 0.750. The molecule has 0 aromatic carbocycles. The van der Waals surface area contributed by atoms with Crippen LogP contribution < -0.4 is 0 Å². The average molecular weight is 252 g/mol. The van der Waals surface area contributed by atoms with E-state index in [2.05, 4.69) is 27.2 Å². The van der Waals surface area contributed by atoms with Crippen molar-refractivity contribution in [2.45, 2.75) is 45.8 Å². The van der Waals surface area contributed by atoms with Crippen molar-refractivity contribution in [1.82, 2.24) is 20.3 Å². The van der Waals surface area contributed by atoms with Crippen molar-refractivity contribution in [3.63, 3.8) is 0 Å². The zero-order valence-electron chi connectivity index (χ0n) is 11.4. The van der Waals surface area contributed by atoms with E-state index in [1.54, 1.807) is 0 Å². The summed E-state index contributed by atoms with van der Waals surface area (Å²) >= 11 is 0. The maximum atomic E-state index is 12.0. The van der Waals surface area contributed by atoms with Gasteiger partial charge in [0.25, 0.3) is 0 Å². The number of carbonyl (C=O) groups is 1. The highest BCUT2D eigenvalue weighted by Crippen LogP contribution is 2.33. The van der Waals surface area contributed by atoms with Crippen LogP contribution in [0.15, 0.2) is 0 Å². The molecule has 2 rings (SSSR count). The summed E-state index contributed by atoms with van der Waals surface area (Å²) < 4.78 is 5.33. The molecule has 1 aromatic heterocycles. The Bertz CT molecular complexity index is 434. The first-order chi connectivity index (χ1) is 8.42. The molecule has 100 valence electrons. The van der Waals surface area contributed by atoms with Crippen molar-refractivity contribution < 1.29 is 9.53 Å². The maximum Gasteiger partial charge on any atom is 0.361 e. The zero-order chi connectivity index (χ0) is 13.3. The van der Waals surface area contributed by atoms with E-state index in [0.717, 1.165) is 19.5 Å². The molecule has 0 aliphatic carbocycles. The van der Waals surface area contributed by atoms with Gasteiger partial charge in [-0.15, -0.1) is 5.10 Å². The van der Waals surface area contributed by atoms with E-state index in [0.29, 0.717) is 11.4 Å². The number of nitrogens with one attached hydrogen (secondary N) is 1. The molecule has 2 heterocycles. The molecule has 0 saturated carbocycles. The van der Waals surface area contributed by atoms with Gasteiger partial charge in [-0.1, -0.05) is 6.92 Å². The summed E-state index contributed by atoms with van der Waals surface area (Å²) in [5.41, 5.74) is 0.502. The van der Waals surface area contributed by atoms with Crippen molar-refractivity contribution in [2.75, 3.05) is 13.1 Å². The van der Waals surface area contributed by atoms with Crippen LogP contribution in [-0.4, -0.2) is 45.0 Å². The first-order valence-corrected chi connectivity index (χ1v) is 6.30. The van der Waals surface area contributed by atoms with Gasteiger partial charge in [-0.25, -0.2) is 4.79 Å². The second kappa shape index (κ2) is 4.68. The molecule has 6 nitrogen and oxygen atoms in total. The third-order valence-electron chi connectivity index (χ3n) is 3.02. The molecule has 18 heavy (non-hydrogen) atoms. The van der Waals surface area contributed by atoms with E-state index < -0.39 is 11.6 Å². The largest absolute Gasteiger partial charge is 0.455 e. The number of rotatable bonds is 3. The molecule has 0 amide bonds. The van der Waals surface area contributed by atoms with Gasteiger partial charge in [0, 0.05) is 6.54 Å². The lowest BCUT2D eigenvalue weighted by Gasteiger charge is -2.39. The standard InChI is InChI=1S/C12H20N4O2/c1-5-16-7-6-8(16)9-10(14-15-13-9)11(17)18-12(2,3)4/h8H,5-7H2,1-4H3,(H,13,14,15). The van der Waals surface area contributed by atoms with Gasteiger partial charge in [0.05, 0.1) is 6.04 Å². The van der Waals surface area contributed by atoms with Crippen LogP contribution in [0.2, 0.25) is 0 Å². The molecule has 6 heteroatoms. The molecule has 1 aromatic rings. The molecule has 1 atom stereocenters. The summed E-state index contributed by atoms with van der Waals surface area (Å²) in [4.78, 5) is 14.3. The second-order valence-electron chi connectivity index (χ2n) is 5.49. The zero-order valence-corrected chi connectivity index (χ0v) is 11.4. The SMILES string of the molecule is CCN1CCC1c1n[nH]nc1C(=O)OC(C)(C)C. The van der Waals surface area contributed by atoms with Crippen LogP contribution in [0.25, 0.3) is 0 Å². The Morgan fingerprint density at radius 3 is 2.72 bits per heavy atom. The minimum absolute atomic E-state index is 0.191. The molecule has 1 N–H and O–H groups in total. The van der Waals surface area contributed by atoms with Gasteiger partial charge >= 0.3 is 5.97 Å². The molecule has 0 radical (unpaired) electrons. The highest BCUT2D eigenvalue weighted by atomic mass is 16.6. The number of esters is 1. The van der Waals surface area contributed by atoms with E-state index >= 15 is 0 Å². The third kappa shape index (κ3) is 2.53. The predicted molar refractivity (Wildman–Crippen MR) is 66.2 cm³/mol. The predicted octanol–water partition coefficient (Wildman–Crippen LogP) is 1.53. The van der Waals surface area contributed by atoms with Crippen LogP contribution in [0, 0.1) is 0 Å². The van der Waals surface area contributed by atoms with Crippen LogP contribution in [-0.2, 0) is 4.74 Å². The number of ether oxygens (including phenoxy) is 1.